The summed E-state index contributed by atoms with van der Waals surface area (Å²) in [5, 5.41) is 11.1. The molecule has 0 aliphatic rings. The molecule has 3 N–H and O–H groups in total. The first kappa shape index (κ1) is 30.0. The highest BCUT2D eigenvalue weighted by Crippen LogP contribution is 2.36. The van der Waals surface area contributed by atoms with Crippen LogP contribution in [0.15, 0.2) is 48.9 Å². The first-order chi connectivity index (χ1) is 20.1. The van der Waals surface area contributed by atoms with Crippen molar-refractivity contribution in [3.8, 4) is 22.6 Å². The molecule has 0 fully saturated rings. The van der Waals surface area contributed by atoms with Gasteiger partial charge in [-0.15, -0.1) is 0 Å². The van der Waals surface area contributed by atoms with Crippen molar-refractivity contribution in [2.45, 2.75) is 39.0 Å². The van der Waals surface area contributed by atoms with Crippen LogP contribution in [-0.4, -0.2) is 57.5 Å². The standard InChI is InChI=1S/C29H32Cl2N6O4Si/c1-42(2,3)9-8-39-17-37-15-22(25-26(30)35-29(31)36-28(25)37)19-4-5-23-20(11-19)12-24(27(32)34-23)41-7-6-40-21-10-18(16-38)13-33-14-21/h4-5,10-15,38H,6-9,16-17H2,1-3H3,(H2,32,34). The molecular weight excluding hydrogens is 595 g/mol. The Kier molecular flexibility index (Phi) is 9.14. The molecule has 0 atom stereocenters. The lowest BCUT2D eigenvalue weighted by molar-refractivity contribution is 0.0899. The van der Waals surface area contributed by atoms with Crippen LogP contribution >= 0.6 is 23.2 Å². The molecule has 0 amide bonds. The fourth-order valence-corrected chi connectivity index (χ4v) is 5.60. The molecule has 0 bridgehead atoms. The van der Waals surface area contributed by atoms with Crippen LogP contribution in [0.1, 0.15) is 5.56 Å². The van der Waals surface area contributed by atoms with Gasteiger partial charge in [0.15, 0.2) is 11.6 Å². The highest BCUT2D eigenvalue weighted by atomic mass is 35.5. The number of aliphatic hydroxyl groups is 1. The van der Waals surface area contributed by atoms with Crippen LogP contribution in [0.25, 0.3) is 33.1 Å². The van der Waals surface area contributed by atoms with Gasteiger partial charge in [0.2, 0.25) is 5.28 Å². The molecule has 13 heteroatoms. The summed E-state index contributed by atoms with van der Waals surface area (Å²) in [6.07, 6.45) is 5.11. The van der Waals surface area contributed by atoms with Crippen LogP contribution in [0.2, 0.25) is 36.1 Å². The van der Waals surface area contributed by atoms with E-state index in [1.165, 1.54) is 0 Å². The normalized spacial score (nSPS) is 11.9. The fourth-order valence-electron chi connectivity index (χ4n) is 4.37. The number of benzene rings is 1. The van der Waals surface area contributed by atoms with Crippen molar-refractivity contribution in [2.24, 2.45) is 0 Å². The number of rotatable bonds is 12. The molecule has 0 unspecified atom stereocenters. The molecule has 220 valence electrons. The van der Waals surface area contributed by atoms with Gasteiger partial charge >= 0.3 is 0 Å². The van der Waals surface area contributed by atoms with Crippen LogP contribution in [0.4, 0.5) is 5.82 Å². The molecule has 1 aromatic carbocycles. The Morgan fingerprint density at radius 3 is 2.57 bits per heavy atom. The number of ether oxygens (including phenoxy) is 3. The summed E-state index contributed by atoms with van der Waals surface area (Å²) in [5.74, 6) is 1.26. The quantitative estimate of drug-likeness (QED) is 0.0719. The third kappa shape index (κ3) is 7.11. The van der Waals surface area contributed by atoms with Crippen molar-refractivity contribution in [1.82, 2.24) is 24.5 Å². The number of nitrogen functional groups attached to an aromatic ring is 1. The fraction of sp³-hybridized carbons (Fsp3) is 0.310. The van der Waals surface area contributed by atoms with Crippen LogP contribution in [0.5, 0.6) is 11.5 Å². The number of hydrogen-bond donors (Lipinski definition) is 2. The second kappa shape index (κ2) is 12.8. The van der Waals surface area contributed by atoms with E-state index < -0.39 is 8.07 Å². The topological polar surface area (TPSA) is 130 Å². The van der Waals surface area contributed by atoms with Crippen molar-refractivity contribution in [3.63, 3.8) is 0 Å². The number of fused-ring (bicyclic) bond motifs is 2. The molecule has 0 saturated carbocycles. The maximum Gasteiger partial charge on any atom is 0.225 e. The molecule has 4 aromatic heterocycles. The largest absolute Gasteiger partial charge is 0.488 e. The van der Waals surface area contributed by atoms with Crippen molar-refractivity contribution in [1.29, 1.82) is 0 Å². The predicted molar refractivity (Wildman–Crippen MR) is 168 cm³/mol. The van der Waals surface area contributed by atoms with Crippen molar-refractivity contribution >= 4 is 59.0 Å². The Balaban J connectivity index is 1.38. The first-order valence-electron chi connectivity index (χ1n) is 13.4. The van der Waals surface area contributed by atoms with E-state index in [-0.39, 0.29) is 36.1 Å². The zero-order valence-corrected chi connectivity index (χ0v) is 26.1. The number of aliphatic hydroxyl groups excluding tert-OH is 1. The van der Waals surface area contributed by atoms with E-state index in [0.717, 1.165) is 28.1 Å². The Morgan fingerprint density at radius 2 is 1.79 bits per heavy atom. The third-order valence-electron chi connectivity index (χ3n) is 6.55. The van der Waals surface area contributed by atoms with Gasteiger partial charge in [-0.2, -0.15) is 4.98 Å². The number of halogens is 2. The van der Waals surface area contributed by atoms with E-state index in [9.17, 15) is 5.11 Å². The number of hydrogen-bond acceptors (Lipinski definition) is 9. The van der Waals surface area contributed by atoms with Gasteiger partial charge in [-0.05, 0) is 53.0 Å². The smallest absolute Gasteiger partial charge is 0.225 e. The van der Waals surface area contributed by atoms with Crippen LogP contribution in [-0.2, 0) is 18.1 Å². The summed E-state index contributed by atoms with van der Waals surface area (Å²) in [7, 11) is -1.22. The van der Waals surface area contributed by atoms with Gasteiger partial charge in [-0.3, -0.25) is 4.98 Å². The summed E-state index contributed by atoms with van der Waals surface area (Å²) in [4.78, 5) is 17.2. The van der Waals surface area contributed by atoms with E-state index in [1.807, 2.05) is 35.0 Å². The van der Waals surface area contributed by atoms with Crippen LogP contribution in [0, 0.1) is 0 Å². The summed E-state index contributed by atoms with van der Waals surface area (Å²) < 4.78 is 19.5. The van der Waals surface area contributed by atoms with Gasteiger partial charge in [0.1, 0.15) is 36.5 Å². The van der Waals surface area contributed by atoms with Crippen molar-refractivity contribution in [2.75, 3.05) is 25.6 Å². The zero-order valence-electron chi connectivity index (χ0n) is 23.6. The molecule has 0 saturated heterocycles. The molecule has 0 spiro atoms. The monoisotopic (exact) mass is 626 g/mol. The molecule has 10 nitrogen and oxygen atoms in total. The molecule has 0 aliphatic heterocycles. The average Bonchev–Trinajstić information content (AvgIpc) is 3.31. The van der Waals surface area contributed by atoms with E-state index in [0.29, 0.717) is 41.4 Å². The lowest BCUT2D eigenvalue weighted by Crippen LogP contribution is -2.22. The maximum atomic E-state index is 9.27. The average molecular weight is 628 g/mol. The Hall–Kier alpha value is -3.48. The summed E-state index contributed by atoms with van der Waals surface area (Å²) >= 11 is 12.8. The van der Waals surface area contributed by atoms with Crippen LogP contribution < -0.4 is 15.2 Å². The number of nitrogens with two attached hydrogens (primary N) is 1. The predicted octanol–water partition coefficient (Wildman–Crippen LogP) is 6.19. The SMILES string of the molecule is C[Si](C)(C)CCOCn1cc(-c2ccc3nc(N)c(OCCOc4cncc(CO)c4)cc3c2)c2c(Cl)nc(Cl)nc21. The van der Waals surface area contributed by atoms with Crippen LogP contribution in [0.3, 0.4) is 0 Å². The van der Waals surface area contributed by atoms with E-state index in [1.54, 1.807) is 18.5 Å². The number of aromatic nitrogens is 5. The molecular formula is C29H32Cl2N6O4Si. The van der Waals surface area contributed by atoms with Gasteiger partial charge in [-0.25, -0.2) is 9.97 Å². The van der Waals surface area contributed by atoms with Gasteiger partial charge < -0.3 is 29.6 Å². The minimum Gasteiger partial charge on any atom is -0.488 e. The Labute approximate surface area is 254 Å². The highest BCUT2D eigenvalue weighted by molar-refractivity contribution is 6.76. The molecule has 5 aromatic rings. The van der Waals surface area contributed by atoms with E-state index in [4.69, 9.17) is 43.1 Å². The van der Waals surface area contributed by atoms with E-state index in [2.05, 4.69) is 39.6 Å². The van der Waals surface area contributed by atoms with Gasteiger partial charge in [0.25, 0.3) is 0 Å². The lowest BCUT2D eigenvalue weighted by atomic mass is 10.0. The van der Waals surface area contributed by atoms with Gasteiger partial charge in [-0.1, -0.05) is 37.3 Å². The molecule has 0 aliphatic carbocycles. The minimum absolute atomic E-state index is 0.0711. The first-order valence-corrected chi connectivity index (χ1v) is 17.9. The summed E-state index contributed by atoms with van der Waals surface area (Å²) in [6, 6.07) is 10.5. The van der Waals surface area contributed by atoms with Gasteiger partial charge in [0.05, 0.1) is 23.7 Å². The number of anilines is 1. The van der Waals surface area contributed by atoms with Crippen molar-refractivity contribution in [3.05, 3.63) is 64.9 Å². The number of nitrogens with zero attached hydrogens (tertiary/aromatic N) is 5. The second-order valence-electron chi connectivity index (χ2n) is 11.0. The highest BCUT2D eigenvalue weighted by Gasteiger charge is 2.19. The maximum absolute atomic E-state index is 9.27. The zero-order chi connectivity index (χ0) is 29.9. The molecule has 5 rings (SSSR count). The Morgan fingerprint density at radius 1 is 0.976 bits per heavy atom. The lowest BCUT2D eigenvalue weighted by Gasteiger charge is -2.15. The molecule has 0 radical (unpaired) electrons. The Bertz CT molecular complexity index is 1730. The summed E-state index contributed by atoms with van der Waals surface area (Å²) in [5.41, 5.74) is 9.90. The third-order valence-corrected chi connectivity index (χ3v) is 8.70. The van der Waals surface area contributed by atoms with Gasteiger partial charge in [0, 0.05) is 38.0 Å². The summed E-state index contributed by atoms with van der Waals surface area (Å²) in [6.45, 7) is 8.31. The second-order valence-corrected chi connectivity index (χ2v) is 17.3. The molecule has 4 heterocycles. The van der Waals surface area contributed by atoms with E-state index >= 15 is 0 Å². The molecule has 42 heavy (non-hydrogen) atoms. The number of pyridine rings is 2. The van der Waals surface area contributed by atoms with Crippen molar-refractivity contribution < 1.29 is 19.3 Å². The minimum atomic E-state index is -1.22.